The quantitative estimate of drug-likeness (QED) is 0.758. The minimum atomic E-state index is -4.34. The number of alkyl halides is 3. The molecule has 2 aromatic carbocycles. The van der Waals surface area contributed by atoms with Crippen molar-refractivity contribution in [2.75, 3.05) is 7.11 Å². The normalized spacial score (nSPS) is 12.3. The van der Waals surface area contributed by atoms with Crippen molar-refractivity contribution in [1.82, 2.24) is 0 Å². The van der Waals surface area contributed by atoms with Crippen LogP contribution < -0.4 is 0 Å². The molecule has 4 heteroatoms. The first-order chi connectivity index (χ1) is 9.34. The minimum Gasteiger partial charge on any atom is -0.380 e. The van der Waals surface area contributed by atoms with Gasteiger partial charge in [0.05, 0.1) is 12.2 Å². The van der Waals surface area contributed by atoms with Crippen molar-refractivity contribution >= 4 is 10.8 Å². The summed E-state index contributed by atoms with van der Waals surface area (Å²) in [5, 5.41) is 0.910. The highest BCUT2D eigenvalue weighted by molar-refractivity contribution is 5.90. The molecule has 0 aliphatic heterocycles. The summed E-state index contributed by atoms with van der Waals surface area (Å²) in [6.45, 7) is 4.35. The molecule has 2 aromatic rings. The largest absolute Gasteiger partial charge is 0.417 e. The van der Waals surface area contributed by atoms with Crippen LogP contribution in [-0.4, -0.2) is 7.11 Å². The highest BCUT2D eigenvalue weighted by atomic mass is 19.4. The van der Waals surface area contributed by atoms with E-state index in [4.69, 9.17) is 4.74 Å². The lowest BCUT2D eigenvalue weighted by Crippen LogP contribution is -2.07. The molecule has 0 aliphatic carbocycles. The van der Waals surface area contributed by atoms with E-state index < -0.39 is 11.7 Å². The van der Waals surface area contributed by atoms with Gasteiger partial charge < -0.3 is 4.74 Å². The molecule has 0 heterocycles. The molecule has 20 heavy (non-hydrogen) atoms. The summed E-state index contributed by atoms with van der Waals surface area (Å²) in [4.78, 5) is 0. The molecular weight excluding hydrogens is 265 g/mol. The van der Waals surface area contributed by atoms with Crippen LogP contribution in [0.2, 0.25) is 0 Å². The number of halogens is 3. The zero-order chi connectivity index (χ0) is 14.9. The number of ether oxygens (including phenoxy) is 1. The van der Waals surface area contributed by atoms with Crippen LogP contribution in [0.15, 0.2) is 30.3 Å². The summed E-state index contributed by atoms with van der Waals surface area (Å²) < 4.78 is 44.3. The monoisotopic (exact) mass is 282 g/mol. The average Bonchev–Trinajstić information content (AvgIpc) is 2.36. The minimum absolute atomic E-state index is 0.164. The summed E-state index contributed by atoms with van der Waals surface area (Å²) in [5.41, 5.74) is 1.22. The van der Waals surface area contributed by atoms with E-state index in [1.807, 2.05) is 13.8 Å². The number of methoxy groups -OCH3 is 1. The molecule has 0 saturated heterocycles. The van der Waals surface area contributed by atoms with Gasteiger partial charge >= 0.3 is 6.18 Å². The first kappa shape index (κ1) is 14.9. The van der Waals surface area contributed by atoms with Crippen molar-refractivity contribution in [2.45, 2.75) is 32.5 Å². The third-order valence-corrected chi connectivity index (χ3v) is 3.35. The van der Waals surface area contributed by atoms with E-state index in [1.165, 1.54) is 6.07 Å². The highest BCUT2D eigenvalue weighted by Gasteiger charge is 2.32. The van der Waals surface area contributed by atoms with Crippen LogP contribution >= 0.6 is 0 Å². The Labute approximate surface area is 116 Å². The predicted molar refractivity (Wildman–Crippen MR) is 73.8 cm³/mol. The summed E-state index contributed by atoms with van der Waals surface area (Å²) in [6.07, 6.45) is -4.34. The smallest absolute Gasteiger partial charge is 0.380 e. The number of rotatable bonds is 3. The molecule has 0 radical (unpaired) electrons. The lowest BCUT2D eigenvalue weighted by Gasteiger charge is -2.16. The van der Waals surface area contributed by atoms with Crippen LogP contribution in [-0.2, 0) is 17.5 Å². The van der Waals surface area contributed by atoms with Crippen LogP contribution in [0.1, 0.15) is 36.5 Å². The molecule has 2 rings (SSSR count). The van der Waals surface area contributed by atoms with Gasteiger partial charge in [0.1, 0.15) is 0 Å². The molecule has 0 N–H and O–H groups in total. The Bertz CT molecular complexity index is 615. The van der Waals surface area contributed by atoms with Crippen LogP contribution in [0.5, 0.6) is 0 Å². The van der Waals surface area contributed by atoms with Crippen molar-refractivity contribution in [2.24, 2.45) is 0 Å². The maximum Gasteiger partial charge on any atom is 0.417 e. The highest BCUT2D eigenvalue weighted by Crippen LogP contribution is 2.38. The van der Waals surface area contributed by atoms with Gasteiger partial charge in [-0.15, -0.1) is 0 Å². The van der Waals surface area contributed by atoms with E-state index >= 15 is 0 Å². The third kappa shape index (κ3) is 2.80. The molecule has 0 bridgehead atoms. The van der Waals surface area contributed by atoms with E-state index in [1.54, 1.807) is 31.4 Å². The maximum atomic E-state index is 13.1. The van der Waals surface area contributed by atoms with Crippen LogP contribution in [0.4, 0.5) is 13.2 Å². The van der Waals surface area contributed by atoms with Crippen LogP contribution in [0.3, 0.4) is 0 Å². The van der Waals surface area contributed by atoms with Gasteiger partial charge in [0.2, 0.25) is 0 Å². The Kier molecular flexibility index (Phi) is 4.04. The summed E-state index contributed by atoms with van der Waals surface area (Å²) >= 11 is 0. The maximum absolute atomic E-state index is 13.1. The average molecular weight is 282 g/mol. The zero-order valence-electron chi connectivity index (χ0n) is 11.7. The Morgan fingerprint density at radius 1 is 1.05 bits per heavy atom. The Balaban J connectivity index is 2.74. The van der Waals surface area contributed by atoms with Gasteiger partial charge in [0.15, 0.2) is 0 Å². The molecule has 0 spiro atoms. The van der Waals surface area contributed by atoms with Crippen LogP contribution in [0, 0.1) is 0 Å². The summed E-state index contributed by atoms with van der Waals surface area (Å²) in [6, 6.07) is 7.77. The van der Waals surface area contributed by atoms with Gasteiger partial charge in [-0.3, -0.25) is 0 Å². The Morgan fingerprint density at radius 3 is 2.30 bits per heavy atom. The predicted octanol–water partition coefficient (Wildman–Crippen LogP) is 5.13. The molecule has 0 fully saturated rings. The fourth-order valence-corrected chi connectivity index (χ4v) is 2.42. The van der Waals surface area contributed by atoms with Crippen molar-refractivity contribution in [3.63, 3.8) is 0 Å². The first-order valence-electron chi connectivity index (χ1n) is 6.46. The number of fused-ring (bicyclic) bond motifs is 1. The topological polar surface area (TPSA) is 9.23 Å². The van der Waals surface area contributed by atoms with Gasteiger partial charge in [-0.1, -0.05) is 32.0 Å². The SMILES string of the molecule is COCc1ccc2c(C(F)(F)F)ccc(C(C)C)c2c1. The van der Waals surface area contributed by atoms with Gasteiger partial charge in [0, 0.05) is 7.11 Å². The summed E-state index contributed by atoms with van der Waals surface area (Å²) in [5.74, 6) is 0.164. The lowest BCUT2D eigenvalue weighted by atomic mass is 9.92. The van der Waals surface area contributed by atoms with Gasteiger partial charge in [-0.05, 0) is 39.9 Å². The Morgan fingerprint density at radius 2 is 1.75 bits per heavy atom. The van der Waals surface area contributed by atoms with Gasteiger partial charge in [-0.2, -0.15) is 13.2 Å². The van der Waals surface area contributed by atoms with E-state index in [0.29, 0.717) is 12.0 Å². The fraction of sp³-hybridized carbons (Fsp3) is 0.375. The molecule has 0 amide bonds. The van der Waals surface area contributed by atoms with E-state index in [0.717, 1.165) is 11.1 Å². The third-order valence-electron chi connectivity index (χ3n) is 3.35. The van der Waals surface area contributed by atoms with E-state index in [9.17, 15) is 13.2 Å². The van der Waals surface area contributed by atoms with E-state index in [2.05, 4.69) is 0 Å². The van der Waals surface area contributed by atoms with Crippen molar-refractivity contribution < 1.29 is 17.9 Å². The molecule has 0 aliphatic rings. The molecule has 108 valence electrons. The lowest BCUT2D eigenvalue weighted by molar-refractivity contribution is -0.136. The molecule has 0 saturated carbocycles. The second-order valence-electron chi connectivity index (χ2n) is 5.17. The second-order valence-corrected chi connectivity index (χ2v) is 5.17. The van der Waals surface area contributed by atoms with Gasteiger partial charge in [-0.25, -0.2) is 0 Å². The fourth-order valence-electron chi connectivity index (χ4n) is 2.42. The molecule has 1 nitrogen and oxygen atoms in total. The van der Waals surface area contributed by atoms with Crippen molar-refractivity contribution in [3.05, 3.63) is 47.0 Å². The molecule has 0 aromatic heterocycles. The summed E-state index contributed by atoms with van der Waals surface area (Å²) in [7, 11) is 1.57. The van der Waals surface area contributed by atoms with Crippen molar-refractivity contribution in [3.8, 4) is 0 Å². The standard InChI is InChI=1S/C16H17F3O/c1-10(2)12-6-7-15(16(17,18)19)13-5-4-11(9-20-3)8-14(12)13/h4-8,10H,9H2,1-3H3. The van der Waals surface area contributed by atoms with Crippen LogP contribution in [0.25, 0.3) is 10.8 Å². The number of hydrogen-bond donors (Lipinski definition) is 0. The number of benzene rings is 2. The first-order valence-corrected chi connectivity index (χ1v) is 6.46. The molecule has 0 unspecified atom stereocenters. The molecular formula is C16H17F3O. The second kappa shape index (κ2) is 5.44. The van der Waals surface area contributed by atoms with E-state index in [-0.39, 0.29) is 11.3 Å². The Hall–Kier alpha value is -1.55. The van der Waals surface area contributed by atoms with Crippen molar-refractivity contribution in [1.29, 1.82) is 0 Å². The number of hydrogen-bond acceptors (Lipinski definition) is 1. The van der Waals surface area contributed by atoms with Gasteiger partial charge in [0.25, 0.3) is 0 Å². The zero-order valence-corrected chi connectivity index (χ0v) is 11.7. The molecule has 0 atom stereocenters.